The van der Waals surface area contributed by atoms with E-state index in [4.69, 9.17) is 5.73 Å². The zero-order valence-electron chi connectivity index (χ0n) is 11.9. The van der Waals surface area contributed by atoms with Crippen molar-refractivity contribution in [2.24, 2.45) is 11.7 Å². The summed E-state index contributed by atoms with van der Waals surface area (Å²) >= 11 is 0. The zero-order valence-corrected chi connectivity index (χ0v) is 11.9. The molecule has 1 aliphatic rings. The van der Waals surface area contributed by atoms with Crippen LogP contribution in [0.1, 0.15) is 56.6 Å². The molecule has 2 heteroatoms. The van der Waals surface area contributed by atoms with E-state index in [1.807, 2.05) is 19.1 Å². The first-order chi connectivity index (χ1) is 9.15. The zero-order chi connectivity index (χ0) is 13.8. The van der Waals surface area contributed by atoms with Gasteiger partial charge in [0.2, 0.25) is 0 Å². The van der Waals surface area contributed by atoms with Crippen molar-refractivity contribution in [3.8, 4) is 0 Å². The number of rotatable bonds is 4. The molecule has 2 rings (SSSR count). The Morgan fingerprint density at radius 1 is 1.32 bits per heavy atom. The Morgan fingerprint density at radius 3 is 2.63 bits per heavy atom. The Bertz CT molecular complexity index is 441. The first-order valence-corrected chi connectivity index (χ1v) is 7.29. The maximum absolute atomic E-state index is 12.2. The number of carbonyl (C=O) groups excluding carboxylic acids is 1. The van der Waals surface area contributed by atoms with Crippen LogP contribution >= 0.6 is 0 Å². The Hall–Kier alpha value is -1.15. The van der Waals surface area contributed by atoms with Crippen molar-refractivity contribution in [1.29, 1.82) is 0 Å². The Labute approximate surface area is 116 Å². The lowest BCUT2D eigenvalue weighted by Crippen LogP contribution is -2.39. The number of Topliss-reactive ketones (excluding diaryl/α,β-unsaturated/α-hetero) is 1. The highest BCUT2D eigenvalue weighted by Crippen LogP contribution is 2.37. The van der Waals surface area contributed by atoms with Crippen LogP contribution in [0.3, 0.4) is 0 Å². The molecule has 3 atom stereocenters. The molecule has 0 heterocycles. The van der Waals surface area contributed by atoms with Crippen molar-refractivity contribution in [2.75, 3.05) is 0 Å². The molecule has 1 saturated carbocycles. The molecule has 1 aromatic carbocycles. The first kappa shape index (κ1) is 14.3. The van der Waals surface area contributed by atoms with Crippen LogP contribution in [0.2, 0.25) is 0 Å². The van der Waals surface area contributed by atoms with Crippen molar-refractivity contribution in [3.63, 3.8) is 0 Å². The summed E-state index contributed by atoms with van der Waals surface area (Å²) in [6.07, 6.45) is 6.60. The topological polar surface area (TPSA) is 43.1 Å². The minimum atomic E-state index is -0.0392. The van der Waals surface area contributed by atoms with Gasteiger partial charge in [0.1, 0.15) is 5.78 Å². The fourth-order valence-electron chi connectivity index (χ4n) is 3.41. The van der Waals surface area contributed by atoms with Gasteiger partial charge in [0, 0.05) is 12.0 Å². The fourth-order valence-corrected chi connectivity index (χ4v) is 3.41. The van der Waals surface area contributed by atoms with E-state index in [2.05, 4.69) is 18.6 Å². The summed E-state index contributed by atoms with van der Waals surface area (Å²) in [6.45, 7) is 3.73. The standard InChI is InChI=1S/C17H24NO/c1-3-13-8-4-5-9-14(13)17(12(2)19)15-10-6-7-11-16(15)18/h3-5,8-9,15-17H,6-7,10-11,18H2,1-2H3. The maximum atomic E-state index is 12.2. The second-order valence-electron chi connectivity index (χ2n) is 5.62. The summed E-state index contributed by atoms with van der Waals surface area (Å²) in [6, 6.07) is 8.37. The lowest BCUT2D eigenvalue weighted by atomic mass is 9.71. The molecule has 1 aromatic rings. The normalized spacial score (nSPS) is 25.0. The smallest absolute Gasteiger partial charge is 0.137 e. The highest BCUT2D eigenvalue weighted by Gasteiger charge is 2.34. The van der Waals surface area contributed by atoms with Crippen LogP contribution in [0, 0.1) is 12.3 Å². The molecule has 19 heavy (non-hydrogen) atoms. The average molecular weight is 258 g/mol. The molecule has 1 aliphatic carbocycles. The Morgan fingerprint density at radius 2 is 2.00 bits per heavy atom. The van der Waals surface area contributed by atoms with Crippen LogP contribution in [-0.2, 0) is 4.79 Å². The van der Waals surface area contributed by atoms with Crippen molar-refractivity contribution in [3.05, 3.63) is 41.8 Å². The van der Waals surface area contributed by atoms with Crippen molar-refractivity contribution < 1.29 is 4.79 Å². The Kier molecular flexibility index (Phi) is 4.76. The van der Waals surface area contributed by atoms with E-state index >= 15 is 0 Å². The monoisotopic (exact) mass is 258 g/mol. The first-order valence-electron chi connectivity index (χ1n) is 7.29. The van der Waals surface area contributed by atoms with E-state index in [0.29, 0.717) is 5.92 Å². The van der Waals surface area contributed by atoms with Crippen LogP contribution in [0.5, 0.6) is 0 Å². The third kappa shape index (κ3) is 3.06. The van der Waals surface area contributed by atoms with Crippen molar-refractivity contribution in [1.82, 2.24) is 0 Å². The largest absolute Gasteiger partial charge is 0.327 e. The predicted octanol–water partition coefficient (Wildman–Crippen LogP) is 3.45. The summed E-state index contributed by atoms with van der Waals surface area (Å²) in [7, 11) is 0. The molecule has 1 radical (unpaired) electrons. The molecule has 0 saturated heterocycles. The van der Waals surface area contributed by atoms with Gasteiger partial charge in [-0.25, -0.2) is 0 Å². The predicted molar refractivity (Wildman–Crippen MR) is 78.9 cm³/mol. The summed E-state index contributed by atoms with van der Waals surface area (Å²) in [5.41, 5.74) is 8.60. The quantitative estimate of drug-likeness (QED) is 0.899. The number of nitrogens with two attached hydrogens (primary N) is 1. The second kappa shape index (κ2) is 6.33. The molecule has 3 unspecified atom stereocenters. The summed E-state index contributed by atoms with van der Waals surface area (Å²) in [4.78, 5) is 12.2. The number of benzene rings is 1. The van der Waals surface area contributed by atoms with Gasteiger partial charge >= 0.3 is 0 Å². The van der Waals surface area contributed by atoms with Gasteiger partial charge in [0.25, 0.3) is 0 Å². The van der Waals surface area contributed by atoms with E-state index in [-0.39, 0.29) is 17.7 Å². The highest BCUT2D eigenvalue weighted by atomic mass is 16.1. The van der Waals surface area contributed by atoms with Crippen molar-refractivity contribution in [2.45, 2.75) is 51.5 Å². The molecule has 0 aromatic heterocycles. The molecular weight excluding hydrogens is 234 g/mol. The summed E-state index contributed by atoms with van der Waals surface area (Å²) in [5.74, 6) is 0.506. The lowest BCUT2D eigenvalue weighted by molar-refractivity contribution is -0.120. The van der Waals surface area contributed by atoms with Gasteiger partial charge in [-0.3, -0.25) is 4.79 Å². The van der Waals surface area contributed by atoms with E-state index < -0.39 is 0 Å². The number of carbonyl (C=O) groups is 1. The maximum Gasteiger partial charge on any atom is 0.137 e. The van der Waals surface area contributed by atoms with Crippen LogP contribution in [0.15, 0.2) is 24.3 Å². The number of hydrogen-bond donors (Lipinski definition) is 1. The SMILES string of the molecule is C[CH]c1ccccc1C(C(C)=O)C1CCCCC1N. The van der Waals surface area contributed by atoms with Gasteiger partial charge in [-0.15, -0.1) is 0 Å². The highest BCUT2D eigenvalue weighted by molar-refractivity contribution is 5.84. The van der Waals surface area contributed by atoms with Gasteiger partial charge in [0.05, 0.1) is 0 Å². The molecule has 2 N–H and O–H groups in total. The second-order valence-corrected chi connectivity index (χ2v) is 5.62. The van der Waals surface area contributed by atoms with Crippen molar-refractivity contribution >= 4 is 5.78 Å². The summed E-state index contributed by atoms with van der Waals surface area (Å²) in [5, 5.41) is 0. The molecule has 0 amide bonds. The minimum Gasteiger partial charge on any atom is -0.327 e. The third-order valence-corrected chi connectivity index (χ3v) is 4.38. The average Bonchev–Trinajstić information content (AvgIpc) is 2.41. The van der Waals surface area contributed by atoms with E-state index in [9.17, 15) is 4.79 Å². The van der Waals surface area contributed by atoms with Crippen LogP contribution in [-0.4, -0.2) is 11.8 Å². The molecule has 2 nitrogen and oxygen atoms in total. The van der Waals surface area contributed by atoms with Crippen LogP contribution < -0.4 is 5.73 Å². The minimum absolute atomic E-state index is 0.0392. The Balaban J connectivity index is 2.36. The van der Waals surface area contributed by atoms with E-state index in [0.717, 1.165) is 18.4 Å². The summed E-state index contributed by atoms with van der Waals surface area (Å²) < 4.78 is 0. The van der Waals surface area contributed by atoms with E-state index in [1.54, 1.807) is 6.92 Å². The molecule has 103 valence electrons. The van der Waals surface area contributed by atoms with Gasteiger partial charge in [-0.05, 0) is 43.2 Å². The van der Waals surface area contributed by atoms with E-state index in [1.165, 1.54) is 18.4 Å². The number of ketones is 1. The van der Waals surface area contributed by atoms with Gasteiger partial charge in [0.15, 0.2) is 0 Å². The van der Waals surface area contributed by atoms with Crippen LogP contribution in [0.4, 0.5) is 0 Å². The third-order valence-electron chi connectivity index (χ3n) is 4.38. The number of hydrogen-bond acceptors (Lipinski definition) is 2. The molecule has 1 fully saturated rings. The van der Waals surface area contributed by atoms with Gasteiger partial charge in [-0.1, -0.05) is 44.0 Å². The van der Waals surface area contributed by atoms with Gasteiger partial charge < -0.3 is 5.73 Å². The molecular formula is C17H24NO. The molecule has 0 bridgehead atoms. The van der Waals surface area contributed by atoms with Gasteiger partial charge in [-0.2, -0.15) is 0 Å². The molecule has 0 aliphatic heterocycles. The molecule has 0 spiro atoms. The fraction of sp³-hybridized carbons (Fsp3) is 0.529. The lowest BCUT2D eigenvalue weighted by Gasteiger charge is -2.35. The van der Waals surface area contributed by atoms with Crippen LogP contribution in [0.25, 0.3) is 0 Å².